The van der Waals surface area contributed by atoms with Crippen LogP contribution in [-0.2, 0) is 22.4 Å². The van der Waals surface area contributed by atoms with Gasteiger partial charge >= 0.3 is 5.97 Å². The molecule has 0 saturated carbocycles. The lowest BCUT2D eigenvalue weighted by Crippen LogP contribution is -2.23. The molecule has 2 heterocycles. The molecule has 0 fully saturated rings. The molecule has 34 heavy (non-hydrogen) atoms. The van der Waals surface area contributed by atoms with Crippen molar-refractivity contribution in [2.45, 2.75) is 42.7 Å². The molecule has 1 atom stereocenters. The van der Waals surface area contributed by atoms with E-state index < -0.39 is 11.2 Å². The van der Waals surface area contributed by atoms with Gasteiger partial charge in [0.25, 0.3) is 5.91 Å². The molecular weight excluding hydrogens is 516 g/mol. The number of aromatic nitrogens is 2. The zero-order valence-corrected chi connectivity index (χ0v) is 21.6. The molecule has 2 amide bonds. The molecule has 8 nitrogen and oxygen atoms in total. The average molecular weight is 537 g/mol. The van der Waals surface area contributed by atoms with Crippen molar-refractivity contribution in [2.24, 2.45) is 0 Å². The number of hydrogen-bond acceptors (Lipinski definition) is 9. The molecule has 1 unspecified atom stereocenters. The minimum absolute atomic E-state index is 0.252. The van der Waals surface area contributed by atoms with Crippen LogP contribution in [-0.4, -0.2) is 39.8 Å². The highest BCUT2D eigenvalue weighted by molar-refractivity contribution is 8.02. The van der Waals surface area contributed by atoms with Crippen LogP contribution in [0.25, 0.3) is 0 Å². The summed E-state index contributed by atoms with van der Waals surface area (Å²) < 4.78 is 5.75. The fourth-order valence-corrected chi connectivity index (χ4v) is 6.71. The number of carbonyl (C=O) groups is 3. The predicted molar refractivity (Wildman–Crippen MR) is 136 cm³/mol. The first kappa shape index (κ1) is 24.6. The number of amides is 2. The van der Waals surface area contributed by atoms with Gasteiger partial charge in [-0.1, -0.05) is 34.7 Å². The minimum atomic E-state index is -0.500. The maximum Gasteiger partial charge on any atom is 0.341 e. The van der Waals surface area contributed by atoms with E-state index in [1.807, 2.05) is 0 Å². The van der Waals surface area contributed by atoms with E-state index >= 15 is 0 Å². The van der Waals surface area contributed by atoms with Gasteiger partial charge in [-0.3, -0.25) is 14.9 Å². The van der Waals surface area contributed by atoms with Crippen molar-refractivity contribution in [3.05, 3.63) is 50.9 Å². The molecule has 1 aliphatic rings. The molecule has 3 aromatic rings. The van der Waals surface area contributed by atoms with Crippen LogP contribution >= 0.6 is 46.0 Å². The Morgan fingerprint density at radius 3 is 2.65 bits per heavy atom. The summed E-state index contributed by atoms with van der Waals surface area (Å²) >= 11 is 9.69. The van der Waals surface area contributed by atoms with Crippen LogP contribution in [0.3, 0.4) is 0 Å². The molecule has 1 aromatic carbocycles. The Morgan fingerprint density at radius 1 is 1.15 bits per heavy atom. The van der Waals surface area contributed by atoms with Crippen LogP contribution in [0.1, 0.15) is 51.4 Å². The fraction of sp³-hybridized carbons (Fsp3) is 0.318. The number of fused-ring (bicyclic) bond motifs is 1. The molecule has 12 heteroatoms. The van der Waals surface area contributed by atoms with Crippen LogP contribution in [0.5, 0.6) is 0 Å². The average Bonchev–Trinajstić information content (AvgIpc) is 3.50. The standard InChI is InChI=1S/C22H21ClN4O4S3/c1-3-31-20(30)16-14-5-4-6-15(14)33-19(16)24-17(28)11(2)32-22-27-26-21(34-22)25-18(29)12-7-9-13(23)10-8-12/h7-11H,3-6H2,1-2H3,(H,24,28)(H,25,26,29). The summed E-state index contributed by atoms with van der Waals surface area (Å²) in [6.07, 6.45) is 2.72. The monoisotopic (exact) mass is 536 g/mol. The van der Waals surface area contributed by atoms with Gasteiger partial charge in [0.1, 0.15) is 5.00 Å². The van der Waals surface area contributed by atoms with E-state index in [4.69, 9.17) is 16.3 Å². The van der Waals surface area contributed by atoms with E-state index in [1.54, 1.807) is 38.1 Å². The summed E-state index contributed by atoms with van der Waals surface area (Å²) in [5, 5.41) is 14.5. The van der Waals surface area contributed by atoms with Crippen LogP contribution in [0, 0.1) is 0 Å². The number of benzene rings is 1. The number of hydrogen-bond donors (Lipinski definition) is 2. The number of carbonyl (C=O) groups excluding carboxylic acids is 3. The topological polar surface area (TPSA) is 110 Å². The minimum Gasteiger partial charge on any atom is -0.462 e. The Balaban J connectivity index is 1.38. The largest absolute Gasteiger partial charge is 0.462 e. The van der Waals surface area contributed by atoms with E-state index in [0.717, 1.165) is 29.7 Å². The van der Waals surface area contributed by atoms with Gasteiger partial charge in [0.05, 0.1) is 17.4 Å². The van der Waals surface area contributed by atoms with E-state index in [0.29, 0.717) is 30.6 Å². The Kier molecular flexibility index (Phi) is 7.87. The van der Waals surface area contributed by atoms with Crippen molar-refractivity contribution >= 4 is 74.0 Å². The Morgan fingerprint density at radius 2 is 1.91 bits per heavy atom. The summed E-state index contributed by atoms with van der Waals surface area (Å²) in [5.74, 6) is -0.979. The molecule has 0 spiro atoms. The second-order valence-corrected chi connectivity index (χ2v) is 11.5. The number of esters is 1. The number of halogens is 1. The molecule has 178 valence electrons. The summed E-state index contributed by atoms with van der Waals surface area (Å²) in [4.78, 5) is 38.8. The van der Waals surface area contributed by atoms with Crippen molar-refractivity contribution in [3.8, 4) is 0 Å². The second kappa shape index (κ2) is 10.9. The van der Waals surface area contributed by atoms with E-state index in [2.05, 4.69) is 20.8 Å². The first-order valence-corrected chi connectivity index (χ1v) is 13.4. The molecule has 1 aliphatic carbocycles. The molecule has 0 bridgehead atoms. The van der Waals surface area contributed by atoms with Crippen LogP contribution in [0.2, 0.25) is 5.02 Å². The number of nitrogens with one attached hydrogen (secondary N) is 2. The van der Waals surface area contributed by atoms with Gasteiger partial charge in [0.2, 0.25) is 11.0 Å². The van der Waals surface area contributed by atoms with Gasteiger partial charge in [0.15, 0.2) is 4.34 Å². The van der Waals surface area contributed by atoms with Crippen LogP contribution in [0.15, 0.2) is 28.6 Å². The van der Waals surface area contributed by atoms with Crippen molar-refractivity contribution in [2.75, 3.05) is 17.2 Å². The van der Waals surface area contributed by atoms with Gasteiger partial charge in [0, 0.05) is 15.5 Å². The van der Waals surface area contributed by atoms with Gasteiger partial charge in [-0.05, 0) is 62.9 Å². The lowest BCUT2D eigenvalue weighted by molar-refractivity contribution is -0.115. The van der Waals surface area contributed by atoms with Gasteiger partial charge in [-0.2, -0.15) is 0 Å². The summed E-state index contributed by atoms with van der Waals surface area (Å²) in [6, 6.07) is 6.50. The Hall–Kier alpha value is -2.47. The fourth-order valence-electron chi connectivity index (χ4n) is 3.41. The molecular formula is C22H21ClN4O4S3. The smallest absolute Gasteiger partial charge is 0.341 e. The number of thiophene rings is 1. The summed E-state index contributed by atoms with van der Waals surface area (Å²) in [5.41, 5.74) is 1.92. The highest BCUT2D eigenvalue weighted by Gasteiger charge is 2.29. The quantitative estimate of drug-likeness (QED) is 0.228. The van der Waals surface area contributed by atoms with Gasteiger partial charge in [-0.25, -0.2) is 4.79 Å². The van der Waals surface area contributed by atoms with E-state index in [9.17, 15) is 14.4 Å². The summed E-state index contributed by atoms with van der Waals surface area (Å²) in [6.45, 7) is 3.78. The maximum absolute atomic E-state index is 12.9. The van der Waals surface area contributed by atoms with Crippen LogP contribution < -0.4 is 10.6 Å². The highest BCUT2D eigenvalue weighted by atomic mass is 35.5. The summed E-state index contributed by atoms with van der Waals surface area (Å²) in [7, 11) is 0. The number of rotatable bonds is 8. The van der Waals surface area contributed by atoms with E-state index in [1.165, 1.54) is 34.4 Å². The van der Waals surface area contributed by atoms with Crippen molar-refractivity contribution in [1.29, 1.82) is 0 Å². The molecule has 0 radical (unpaired) electrons. The van der Waals surface area contributed by atoms with Crippen molar-refractivity contribution in [1.82, 2.24) is 10.2 Å². The third-order valence-corrected chi connectivity index (χ3v) is 8.50. The highest BCUT2D eigenvalue weighted by Crippen LogP contribution is 2.40. The normalized spacial score (nSPS) is 13.3. The van der Waals surface area contributed by atoms with Crippen LogP contribution in [0.4, 0.5) is 10.1 Å². The Labute approximate surface area is 213 Å². The number of aryl methyl sites for hydroxylation is 1. The first-order chi connectivity index (χ1) is 16.4. The van der Waals surface area contributed by atoms with Gasteiger partial charge < -0.3 is 10.1 Å². The van der Waals surface area contributed by atoms with Crippen molar-refractivity contribution < 1.29 is 19.1 Å². The van der Waals surface area contributed by atoms with Crippen molar-refractivity contribution in [3.63, 3.8) is 0 Å². The number of ether oxygens (including phenoxy) is 1. The molecule has 2 aromatic heterocycles. The first-order valence-electron chi connectivity index (χ1n) is 10.5. The predicted octanol–water partition coefficient (Wildman–Crippen LogP) is 5.29. The number of nitrogens with zero attached hydrogens (tertiary/aromatic N) is 2. The molecule has 0 saturated heterocycles. The number of thioether (sulfide) groups is 1. The molecule has 4 rings (SSSR count). The SMILES string of the molecule is CCOC(=O)c1c(NC(=O)C(C)Sc2nnc(NC(=O)c3ccc(Cl)cc3)s2)sc2c1CCC2. The maximum atomic E-state index is 12.9. The third kappa shape index (κ3) is 5.60. The number of anilines is 2. The molecule has 2 N–H and O–H groups in total. The lowest BCUT2D eigenvalue weighted by Gasteiger charge is -2.11. The van der Waals surface area contributed by atoms with Gasteiger partial charge in [-0.15, -0.1) is 21.5 Å². The lowest BCUT2D eigenvalue weighted by atomic mass is 10.1. The second-order valence-electron chi connectivity index (χ2n) is 7.37. The molecule has 0 aliphatic heterocycles. The zero-order chi connectivity index (χ0) is 24.2. The zero-order valence-electron chi connectivity index (χ0n) is 18.3. The van der Waals surface area contributed by atoms with E-state index in [-0.39, 0.29) is 18.4 Å². The Bertz CT molecular complexity index is 1230. The third-order valence-electron chi connectivity index (χ3n) is 5.02.